The molecule has 1 aromatic carbocycles. The number of methoxy groups -OCH3 is 1. The summed E-state index contributed by atoms with van der Waals surface area (Å²) in [7, 11) is 1.55. The van der Waals surface area contributed by atoms with Crippen LogP contribution in [0.3, 0.4) is 0 Å². The van der Waals surface area contributed by atoms with E-state index in [9.17, 15) is 9.59 Å². The third-order valence-corrected chi connectivity index (χ3v) is 5.95. The number of aryl methyl sites for hydroxylation is 1. The summed E-state index contributed by atoms with van der Waals surface area (Å²) in [6, 6.07) is 9.62. The number of anilines is 1. The Morgan fingerprint density at radius 1 is 1.21 bits per heavy atom. The number of nitrogens with one attached hydrogen (secondary N) is 1. The van der Waals surface area contributed by atoms with E-state index in [1.165, 1.54) is 5.56 Å². The molecule has 0 radical (unpaired) electrons. The van der Waals surface area contributed by atoms with Gasteiger partial charge in [0.15, 0.2) is 0 Å². The van der Waals surface area contributed by atoms with Gasteiger partial charge in [-0.2, -0.15) is 0 Å². The highest BCUT2D eigenvalue weighted by molar-refractivity contribution is 5.99. The molecule has 2 amide bonds. The van der Waals surface area contributed by atoms with Crippen LogP contribution in [-0.4, -0.2) is 34.8 Å². The van der Waals surface area contributed by atoms with Crippen LogP contribution in [0.15, 0.2) is 36.5 Å². The van der Waals surface area contributed by atoms with Crippen molar-refractivity contribution in [1.82, 2.24) is 9.88 Å². The van der Waals surface area contributed by atoms with E-state index in [-0.39, 0.29) is 23.8 Å². The first-order valence-corrected chi connectivity index (χ1v) is 9.77. The molecule has 1 saturated carbocycles. The minimum absolute atomic E-state index is 0.0265. The highest BCUT2D eigenvalue weighted by Gasteiger charge is 2.36. The molecule has 0 bridgehead atoms. The Kier molecular flexibility index (Phi) is 5.03. The standard InChI is InChI=1S/C22H25N3O3/c1-14-4-3-5-18-19(14)13-25(22(18)27)17-8-6-15(7-9-17)21(26)24-16-10-11-23-20(12-16)28-2/h3-5,10-12,15,17H,6-9,13H2,1-2H3,(H,23,24,26). The van der Waals surface area contributed by atoms with E-state index in [1.54, 1.807) is 25.4 Å². The lowest BCUT2D eigenvalue weighted by molar-refractivity contribution is -0.121. The van der Waals surface area contributed by atoms with Crippen LogP contribution >= 0.6 is 0 Å². The van der Waals surface area contributed by atoms with Gasteiger partial charge in [0.2, 0.25) is 11.8 Å². The second-order valence-electron chi connectivity index (χ2n) is 7.62. The van der Waals surface area contributed by atoms with Gasteiger partial charge in [0.25, 0.3) is 5.91 Å². The number of hydrogen-bond donors (Lipinski definition) is 1. The van der Waals surface area contributed by atoms with Crippen LogP contribution in [0.25, 0.3) is 0 Å². The molecule has 1 aliphatic carbocycles. The van der Waals surface area contributed by atoms with Crippen LogP contribution in [0, 0.1) is 12.8 Å². The predicted octanol–water partition coefficient (Wildman–Crippen LogP) is 3.55. The fourth-order valence-electron chi connectivity index (χ4n) is 4.30. The van der Waals surface area contributed by atoms with Crippen LogP contribution in [-0.2, 0) is 11.3 Å². The van der Waals surface area contributed by atoms with Crippen LogP contribution in [0.5, 0.6) is 5.88 Å². The summed E-state index contributed by atoms with van der Waals surface area (Å²) in [4.78, 5) is 31.5. The zero-order valence-electron chi connectivity index (χ0n) is 16.3. The number of fused-ring (bicyclic) bond motifs is 1. The number of hydrogen-bond acceptors (Lipinski definition) is 4. The van der Waals surface area contributed by atoms with Crippen molar-refractivity contribution in [3.63, 3.8) is 0 Å². The Bertz CT molecular complexity index is 904. The fraction of sp³-hybridized carbons (Fsp3) is 0.409. The van der Waals surface area contributed by atoms with Crippen molar-refractivity contribution in [2.24, 2.45) is 5.92 Å². The average Bonchev–Trinajstić information content (AvgIpc) is 3.06. The number of benzene rings is 1. The number of carbonyl (C=O) groups is 2. The summed E-state index contributed by atoms with van der Waals surface area (Å²) in [5.74, 6) is 0.607. The lowest BCUT2D eigenvalue weighted by Crippen LogP contribution is -2.40. The molecule has 6 heteroatoms. The highest BCUT2D eigenvalue weighted by Crippen LogP contribution is 2.34. The van der Waals surface area contributed by atoms with E-state index < -0.39 is 0 Å². The lowest BCUT2D eigenvalue weighted by atomic mass is 9.84. The number of pyridine rings is 1. The van der Waals surface area contributed by atoms with Gasteiger partial charge in [-0.15, -0.1) is 0 Å². The predicted molar refractivity (Wildman–Crippen MR) is 106 cm³/mol. The third-order valence-electron chi connectivity index (χ3n) is 5.95. The molecule has 4 rings (SSSR count). The summed E-state index contributed by atoms with van der Waals surface area (Å²) in [5.41, 5.74) is 3.86. The number of aromatic nitrogens is 1. The van der Waals surface area contributed by atoms with Gasteiger partial charge < -0.3 is 15.0 Å². The van der Waals surface area contributed by atoms with Crippen molar-refractivity contribution in [3.8, 4) is 5.88 Å². The van der Waals surface area contributed by atoms with Crippen molar-refractivity contribution in [2.75, 3.05) is 12.4 Å². The van der Waals surface area contributed by atoms with Crippen LogP contribution < -0.4 is 10.1 Å². The lowest BCUT2D eigenvalue weighted by Gasteiger charge is -2.34. The van der Waals surface area contributed by atoms with Gasteiger partial charge in [-0.25, -0.2) is 4.98 Å². The van der Waals surface area contributed by atoms with Gasteiger partial charge in [-0.3, -0.25) is 9.59 Å². The fourth-order valence-corrected chi connectivity index (χ4v) is 4.30. The Morgan fingerprint density at radius 3 is 2.71 bits per heavy atom. The van der Waals surface area contributed by atoms with E-state index >= 15 is 0 Å². The van der Waals surface area contributed by atoms with Gasteiger partial charge in [-0.05, 0) is 55.9 Å². The second kappa shape index (κ2) is 7.62. The minimum Gasteiger partial charge on any atom is -0.481 e. The molecule has 0 saturated heterocycles. The first kappa shape index (κ1) is 18.5. The summed E-state index contributed by atoms with van der Waals surface area (Å²) in [6.45, 7) is 2.75. The molecule has 0 atom stereocenters. The monoisotopic (exact) mass is 379 g/mol. The zero-order chi connectivity index (χ0) is 19.7. The van der Waals surface area contributed by atoms with E-state index in [0.29, 0.717) is 18.1 Å². The Labute approximate surface area is 164 Å². The van der Waals surface area contributed by atoms with Crippen molar-refractivity contribution >= 4 is 17.5 Å². The first-order chi connectivity index (χ1) is 13.6. The molecule has 28 heavy (non-hydrogen) atoms. The average molecular weight is 379 g/mol. The van der Waals surface area contributed by atoms with Crippen LogP contribution in [0.4, 0.5) is 5.69 Å². The molecule has 0 unspecified atom stereocenters. The maximum atomic E-state index is 12.8. The van der Waals surface area contributed by atoms with E-state index in [0.717, 1.165) is 36.8 Å². The summed E-state index contributed by atoms with van der Waals surface area (Å²) in [6.07, 6.45) is 4.91. The molecule has 2 aromatic rings. The van der Waals surface area contributed by atoms with Gasteiger partial charge in [0.1, 0.15) is 0 Å². The summed E-state index contributed by atoms with van der Waals surface area (Å²) in [5, 5.41) is 2.96. The number of rotatable bonds is 4. The van der Waals surface area contributed by atoms with Gasteiger partial charge >= 0.3 is 0 Å². The van der Waals surface area contributed by atoms with Gasteiger partial charge in [-0.1, -0.05) is 12.1 Å². The minimum atomic E-state index is -0.0303. The topological polar surface area (TPSA) is 71.5 Å². The van der Waals surface area contributed by atoms with Gasteiger partial charge in [0, 0.05) is 42.0 Å². The quantitative estimate of drug-likeness (QED) is 0.882. The summed E-state index contributed by atoms with van der Waals surface area (Å²) < 4.78 is 5.10. The Hall–Kier alpha value is -2.89. The smallest absolute Gasteiger partial charge is 0.254 e. The van der Waals surface area contributed by atoms with Crippen molar-refractivity contribution in [3.05, 3.63) is 53.2 Å². The molecule has 0 spiro atoms. The molecule has 1 aromatic heterocycles. The summed E-state index contributed by atoms with van der Waals surface area (Å²) >= 11 is 0. The Balaban J connectivity index is 1.35. The first-order valence-electron chi connectivity index (χ1n) is 9.77. The van der Waals surface area contributed by atoms with Crippen LogP contribution in [0.2, 0.25) is 0 Å². The molecular weight excluding hydrogens is 354 g/mol. The molecule has 146 valence electrons. The molecule has 1 aliphatic heterocycles. The molecular formula is C22H25N3O3. The molecule has 1 fully saturated rings. The maximum Gasteiger partial charge on any atom is 0.254 e. The number of nitrogens with zero attached hydrogens (tertiary/aromatic N) is 2. The molecule has 6 nitrogen and oxygen atoms in total. The molecule has 2 heterocycles. The number of ether oxygens (including phenoxy) is 1. The Morgan fingerprint density at radius 2 is 2.00 bits per heavy atom. The van der Waals surface area contributed by atoms with E-state index in [1.807, 2.05) is 17.0 Å². The number of carbonyl (C=O) groups excluding carboxylic acids is 2. The van der Waals surface area contributed by atoms with Gasteiger partial charge in [0.05, 0.1) is 7.11 Å². The third kappa shape index (κ3) is 3.46. The van der Waals surface area contributed by atoms with Crippen molar-refractivity contribution < 1.29 is 14.3 Å². The maximum absolute atomic E-state index is 12.8. The number of amides is 2. The highest BCUT2D eigenvalue weighted by atomic mass is 16.5. The van der Waals surface area contributed by atoms with E-state index in [2.05, 4.69) is 23.3 Å². The zero-order valence-corrected chi connectivity index (χ0v) is 16.3. The SMILES string of the molecule is COc1cc(NC(=O)C2CCC(N3Cc4c(C)cccc4C3=O)CC2)ccn1. The largest absolute Gasteiger partial charge is 0.481 e. The van der Waals surface area contributed by atoms with Crippen LogP contribution in [0.1, 0.15) is 47.2 Å². The van der Waals surface area contributed by atoms with Crippen molar-refractivity contribution in [2.45, 2.75) is 45.2 Å². The van der Waals surface area contributed by atoms with Crippen molar-refractivity contribution in [1.29, 1.82) is 0 Å². The molecule has 2 aliphatic rings. The van der Waals surface area contributed by atoms with E-state index in [4.69, 9.17) is 4.74 Å². The second-order valence-corrected chi connectivity index (χ2v) is 7.62. The molecule has 1 N–H and O–H groups in total. The normalized spacial score (nSPS) is 21.4.